The molecule has 1 aromatic rings. The van der Waals surface area contributed by atoms with Crippen LogP contribution in [0.2, 0.25) is 0 Å². The molecule has 0 heterocycles. The Morgan fingerprint density at radius 1 is 1.46 bits per heavy atom. The topological polar surface area (TPSA) is 0 Å². The summed E-state index contributed by atoms with van der Waals surface area (Å²) in [6.45, 7) is 2.11. The van der Waals surface area contributed by atoms with Crippen molar-refractivity contribution < 1.29 is 4.39 Å². The van der Waals surface area contributed by atoms with E-state index in [1.807, 2.05) is 6.07 Å². The first-order chi connectivity index (χ1) is 6.27. The molecular formula is C11H14ClF. The quantitative estimate of drug-likeness (QED) is 0.646. The summed E-state index contributed by atoms with van der Waals surface area (Å²) in [5.41, 5.74) is 1.01. The van der Waals surface area contributed by atoms with Crippen molar-refractivity contribution in [2.24, 2.45) is 0 Å². The first-order valence-corrected chi connectivity index (χ1v) is 5.12. The van der Waals surface area contributed by atoms with Gasteiger partial charge in [0.1, 0.15) is 5.82 Å². The van der Waals surface area contributed by atoms with Crippen LogP contribution in [0.1, 0.15) is 31.2 Å². The molecule has 72 valence electrons. The Morgan fingerprint density at radius 3 is 2.77 bits per heavy atom. The van der Waals surface area contributed by atoms with Gasteiger partial charge in [-0.1, -0.05) is 25.5 Å². The standard InChI is InChI=1S/C11H14ClF/c1-2-4-10(8-12)9-5-3-6-11(13)7-9/h3,5-7,10H,2,4,8H2,1H3. The lowest BCUT2D eigenvalue weighted by Crippen LogP contribution is -2.00. The molecule has 1 atom stereocenters. The van der Waals surface area contributed by atoms with Gasteiger partial charge in [-0.2, -0.15) is 0 Å². The first kappa shape index (κ1) is 10.5. The van der Waals surface area contributed by atoms with Crippen molar-refractivity contribution in [1.29, 1.82) is 0 Å². The highest BCUT2D eigenvalue weighted by atomic mass is 35.5. The van der Waals surface area contributed by atoms with Gasteiger partial charge in [0, 0.05) is 5.88 Å². The van der Waals surface area contributed by atoms with E-state index in [-0.39, 0.29) is 5.82 Å². The third-order valence-corrected chi connectivity index (χ3v) is 2.52. The van der Waals surface area contributed by atoms with Crippen LogP contribution in [0.15, 0.2) is 24.3 Å². The highest BCUT2D eigenvalue weighted by molar-refractivity contribution is 6.18. The zero-order valence-corrected chi connectivity index (χ0v) is 8.52. The number of alkyl halides is 1. The van der Waals surface area contributed by atoms with E-state index in [9.17, 15) is 4.39 Å². The minimum absolute atomic E-state index is 0.177. The van der Waals surface area contributed by atoms with Crippen LogP contribution in [0.3, 0.4) is 0 Å². The van der Waals surface area contributed by atoms with Gasteiger partial charge in [-0.25, -0.2) is 4.39 Å². The zero-order chi connectivity index (χ0) is 9.68. The second-order valence-corrected chi connectivity index (χ2v) is 3.50. The molecule has 1 aromatic carbocycles. The second-order valence-electron chi connectivity index (χ2n) is 3.19. The molecule has 0 saturated carbocycles. The summed E-state index contributed by atoms with van der Waals surface area (Å²) >= 11 is 5.81. The van der Waals surface area contributed by atoms with Crippen molar-refractivity contribution in [3.8, 4) is 0 Å². The van der Waals surface area contributed by atoms with Crippen molar-refractivity contribution in [3.05, 3.63) is 35.6 Å². The maximum atomic E-state index is 12.9. The van der Waals surface area contributed by atoms with Crippen LogP contribution < -0.4 is 0 Å². The van der Waals surface area contributed by atoms with Gasteiger partial charge in [0.15, 0.2) is 0 Å². The number of benzene rings is 1. The van der Waals surface area contributed by atoms with Crippen molar-refractivity contribution in [3.63, 3.8) is 0 Å². The van der Waals surface area contributed by atoms with E-state index in [0.29, 0.717) is 11.8 Å². The van der Waals surface area contributed by atoms with Gasteiger partial charge in [0.05, 0.1) is 0 Å². The minimum atomic E-state index is -0.177. The first-order valence-electron chi connectivity index (χ1n) is 4.59. The van der Waals surface area contributed by atoms with E-state index in [1.165, 1.54) is 6.07 Å². The lowest BCUT2D eigenvalue weighted by Gasteiger charge is -2.12. The van der Waals surface area contributed by atoms with Crippen molar-refractivity contribution >= 4 is 11.6 Å². The number of hydrogen-bond donors (Lipinski definition) is 0. The largest absolute Gasteiger partial charge is 0.207 e. The molecule has 0 saturated heterocycles. The van der Waals surface area contributed by atoms with Crippen LogP contribution in [-0.2, 0) is 0 Å². The molecule has 1 rings (SSSR count). The van der Waals surface area contributed by atoms with Crippen LogP contribution in [0.4, 0.5) is 4.39 Å². The molecule has 0 bridgehead atoms. The van der Waals surface area contributed by atoms with Crippen molar-refractivity contribution in [1.82, 2.24) is 0 Å². The van der Waals surface area contributed by atoms with Gasteiger partial charge < -0.3 is 0 Å². The average molecular weight is 201 g/mol. The van der Waals surface area contributed by atoms with E-state index < -0.39 is 0 Å². The summed E-state index contributed by atoms with van der Waals surface area (Å²) in [7, 11) is 0. The molecule has 0 aliphatic heterocycles. The Hall–Kier alpha value is -0.560. The van der Waals surface area contributed by atoms with Crippen LogP contribution in [-0.4, -0.2) is 5.88 Å². The Kier molecular flexibility index (Phi) is 4.23. The molecule has 2 heteroatoms. The normalized spacial score (nSPS) is 12.8. The molecular weight excluding hydrogens is 187 g/mol. The summed E-state index contributed by atoms with van der Waals surface area (Å²) in [5.74, 6) is 0.684. The van der Waals surface area contributed by atoms with Crippen LogP contribution >= 0.6 is 11.6 Å². The van der Waals surface area contributed by atoms with E-state index in [0.717, 1.165) is 18.4 Å². The minimum Gasteiger partial charge on any atom is -0.207 e. The highest BCUT2D eigenvalue weighted by Crippen LogP contribution is 2.22. The fourth-order valence-corrected chi connectivity index (χ4v) is 1.77. The van der Waals surface area contributed by atoms with Gasteiger partial charge >= 0.3 is 0 Å². The lowest BCUT2D eigenvalue weighted by molar-refractivity contribution is 0.614. The molecule has 0 aliphatic carbocycles. The summed E-state index contributed by atoms with van der Waals surface area (Å²) in [4.78, 5) is 0. The summed E-state index contributed by atoms with van der Waals surface area (Å²) in [6.07, 6.45) is 2.10. The lowest BCUT2D eigenvalue weighted by atomic mass is 9.96. The monoisotopic (exact) mass is 200 g/mol. The summed E-state index contributed by atoms with van der Waals surface area (Å²) < 4.78 is 12.9. The van der Waals surface area contributed by atoms with Gasteiger partial charge in [0.2, 0.25) is 0 Å². The molecule has 1 unspecified atom stereocenters. The molecule has 0 amide bonds. The zero-order valence-electron chi connectivity index (χ0n) is 7.76. The van der Waals surface area contributed by atoms with E-state index >= 15 is 0 Å². The second kappa shape index (κ2) is 5.23. The Morgan fingerprint density at radius 2 is 2.23 bits per heavy atom. The SMILES string of the molecule is CCCC(CCl)c1cccc(F)c1. The van der Waals surface area contributed by atoms with Crippen LogP contribution in [0.25, 0.3) is 0 Å². The van der Waals surface area contributed by atoms with E-state index in [2.05, 4.69) is 6.92 Å². The van der Waals surface area contributed by atoms with Gasteiger partial charge in [-0.15, -0.1) is 11.6 Å². The third kappa shape index (κ3) is 3.00. The Labute approximate surface area is 83.7 Å². The molecule has 0 N–H and O–H groups in total. The Balaban J connectivity index is 2.78. The molecule has 0 aromatic heterocycles. The van der Waals surface area contributed by atoms with Crippen molar-refractivity contribution in [2.45, 2.75) is 25.7 Å². The summed E-state index contributed by atoms with van der Waals surface area (Å²) in [6, 6.07) is 6.70. The fraction of sp³-hybridized carbons (Fsp3) is 0.455. The Bertz CT molecular complexity index is 260. The van der Waals surface area contributed by atoms with Crippen LogP contribution in [0, 0.1) is 5.82 Å². The van der Waals surface area contributed by atoms with Crippen LogP contribution in [0.5, 0.6) is 0 Å². The molecule has 0 aliphatic rings. The highest BCUT2D eigenvalue weighted by Gasteiger charge is 2.09. The molecule has 13 heavy (non-hydrogen) atoms. The van der Waals surface area contributed by atoms with Gasteiger partial charge in [0.25, 0.3) is 0 Å². The van der Waals surface area contributed by atoms with Gasteiger partial charge in [-0.05, 0) is 30.0 Å². The predicted molar refractivity (Wildman–Crippen MR) is 54.8 cm³/mol. The molecule has 0 spiro atoms. The maximum absolute atomic E-state index is 12.9. The number of hydrogen-bond acceptors (Lipinski definition) is 0. The van der Waals surface area contributed by atoms with Gasteiger partial charge in [-0.3, -0.25) is 0 Å². The molecule has 0 nitrogen and oxygen atoms in total. The third-order valence-electron chi connectivity index (χ3n) is 2.14. The maximum Gasteiger partial charge on any atom is 0.123 e. The fourth-order valence-electron chi connectivity index (χ4n) is 1.44. The molecule has 0 radical (unpaired) electrons. The molecule has 0 fully saturated rings. The number of halogens is 2. The van der Waals surface area contributed by atoms with Crippen molar-refractivity contribution in [2.75, 3.05) is 5.88 Å². The summed E-state index contributed by atoms with van der Waals surface area (Å²) in [5, 5.41) is 0. The van der Waals surface area contributed by atoms with E-state index in [4.69, 9.17) is 11.6 Å². The average Bonchev–Trinajstić information content (AvgIpc) is 2.14. The predicted octanol–water partition coefficient (Wildman–Crippen LogP) is 3.95. The smallest absolute Gasteiger partial charge is 0.123 e. The number of rotatable bonds is 4. The van der Waals surface area contributed by atoms with E-state index in [1.54, 1.807) is 12.1 Å².